The van der Waals surface area contributed by atoms with Gasteiger partial charge in [-0.15, -0.1) is 0 Å². The van der Waals surface area contributed by atoms with Crippen molar-refractivity contribution in [3.05, 3.63) is 52.2 Å². The van der Waals surface area contributed by atoms with Crippen molar-refractivity contribution in [3.63, 3.8) is 0 Å². The second-order valence-electron chi connectivity index (χ2n) is 4.05. The van der Waals surface area contributed by atoms with Crippen molar-refractivity contribution in [2.45, 2.75) is 18.9 Å². The van der Waals surface area contributed by atoms with Crippen LogP contribution in [0, 0.1) is 0 Å². The molecule has 2 rings (SSSR count). The average molecular weight is 247 g/mol. The molecule has 0 saturated carbocycles. The van der Waals surface area contributed by atoms with E-state index in [1.165, 1.54) is 11.1 Å². The van der Waals surface area contributed by atoms with Gasteiger partial charge in [0.25, 0.3) is 0 Å². The first-order chi connectivity index (χ1) is 8.29. The molecule has 0 bridgehead atoms. The maximum absolute atomic E-state index is 6.13. The summed E-state index contributed by atoms with van der Waals surface area (Å²) in [6.07, 6.45) is 1.98. The largest absolute Gasteiger partial charge is 0.497 e. The molecule has 2 N–H and O–H groups in total. The Labute approximate surface area is 106 Å². The summed E-state index contributed by atoms with van der Waals surface area (Å²) in [6.45, 7) is 0. The predicted molar refractivity (Wildman–Crippen MR) is 72.6 cm³/mol. The van der Waals surface area contributed by atoms with Gasteiger partial charge in [0.05, 0.1) is 7.11 Å². The van der Waals surface area contributed by atoms with Gasteiger partial charge in [-0.1, -0.05) is 12.1 Å². The molecule has 0 amide bonds. The molecule has 2 nitrogen and oxygen atoms in total. The van der Waals surface area contributed by atoms with Crippen LogP contribution >= 0.6 is 11.3 Å². The van der Waals surface area contributed by atoms with Crippen molar-refractivity contribution >= 4 is 11.3 Å². The first kappa shape index (κ1) is 12.1. The third kappa shape index (κ3) is 3.32. The van der Waals surface area contributed by atoms with E-state index < -0.39 is 0 Å². The minimum atomic E-state index is 0.142. The molecule has 1 unspecified atom stereocenters. The molecule has 0 fully saturated rings. The molecule has 3 heteroatoms. The van der Waals surface area contributed by atoms with E-state index in [4.69, 9.17) is 10.5 Å². The number of ether oxygens (including phenoxy) is 1. The standard InChI is InChI=1S/C14H17NOS/c1-16-13-5-2-11(3-6-13)4-7-14(15)12-8-9-17-10-12/h2-3,5-6,8-10,14H,4,7,15H2,1H3. The van der Waals surface area contributed by atoms with Gasteiger partial charge in [-0.3, -0.25) is 0 Å². The summed E-state index contributed by atoms with van der Waals surface area (Å²) in [7, 11) is 1.68. The van der Waals surface area contributed by atoms with Gasteiger partial charge in [0.15, 0.2) is 0 Å². The predicted octanol–water partition coefficient (Wildman–Crippen LogP) is 3.39. The Kier molecular flexibility index (Phi) is 4.18. The third-order valence-corrected chi connectivity index (χ3v) is 3.58. The second-order valence-corrected chi connectivity index (χ2v) is 4.83. The first-order valence-electron chi connectivity index (χ1n) is 5.70. The van der Waals surface area contributed by atoms with Crippen LogP contribution in [0.2, 0.25) is 0 Å². The number of benzene rings is 1. The van der Waals surface area contributed by atoms with Crippen molar-refractivity contribution in [2.24, 2.45) is 5.73 Å². The topological polar surface area (TPSA) is 35.2 Å². The molecule has 90 valence electrons. The molecule has 17 heavy (non-hydrogen) atoms. The number of aryl methyl sites for hydroxylation is 1. The summed E-state index contributed by atoms with van der Waals surface area (Å²) in [5.41, 5.74) is 8.67. The van der Waals surface area contributed by atoms with Crippen molar-refractivity contribution in [1.29, 1.82) is 0 Å². The summed E-state index contributed by atoms with van der Waals surface area (Å²) in [5, 5.41) is 4.20. The molecule has 0 aliphatic carbocycles. The molecule has 1 aromatic heterocycles. The highest BCUT2D eigenvalue weighted by Crippen LogP contribution is 2.20. The normalized spacial score (nSPS) is 12.4. The van der Waals surface area contributed by atoms with Crippen LogP contribution < -0.4 is 10.5 Å². The maximum atomic E-state index is 6.13. The molecular formula is C14H17NOS. The van der Waals surface area contributed by atoms with Gasteiger partial charge in [0.1, 0.15) is 5.75 Å². The Bertz CT molecular complexity index is 436. The Morgan fingerprint density at radius 2 is 2.00 bits per heavy atom. The second kappa shape index (κ2) is 5.84. The maximum Gasteiger partial charge on any atom is 0.118 e. The monoisotopic (exact) mass is 247 g/mol. The van der Waals surface area contributed by atoms with Crippen LogP contribution in [0.15, 0.2) is 41.1 Å². The van der Waals surface area contributed by atoms with Gasteiger partial charge in [0.2, 0.25) is 0 Å². The minimum Gasteiger partial charge on any atom is -0.497 e. The molecule has 0 aliphatic rings. The molecule has 0 spiro atoms. The van der Waals surface area contributed by atoms with Crippen LogP contribution in [-0.4, -0.2) is 7.11 Å². The zero-order chi connectivity index (χ0) is 12.1. The molecule has 1 atom stereocenters. The Hall–Kier alpha value is -1.32. The summed E-state index contributed by atoms with van der Waals surface area (Å²) in [4.78, 5) is 0. The van der Waals surface area contributed by atoms with E-state index in [1.54, 1.807) is 18.4 Å². The zero-order valence-corrected chi connectivity index (χ0v) is 10.7. The van der Waals surface area contributed by atoms with E-state index in [2.05, 4.69) is 29.0 Å². The molecule has 0 saturated heterocycles. The fourth-order valence-corrected chi connectivity index (χ4v) is 2.49. The number of hydrogen-bond donors (Lipinski definition) is 1. The van der Waals surface area contributed by atoms with Gasteiger partial charge < -0.3 is 10.5 Å². The minimum absolute atomic E-state index is 0.142. The Balaban J connectivity index is 1.89. The number of rotatable bonds is 5. The SMILES string of the molecule is COc1ccc(CCC(N)c2ccsc2)cc1. The van der Waals surface area contributed by atoms with Gasteiger partial charge >= 0.3 is 0 Å². The van der Waals surface area contributed by atoms with E-state index in [9.17, 15) is 0 Å². The lowest BCUT2D eigenvalue weighted by molar-refractivity contribution is 0.414. The lowest BCUT2D eigenvalue weighted by Crippen LogP contribution is -2.10. The number of hydrogen-bond acceptors (Lipinski definition) is 3. The number of nitrogens with two attached hydrogens (primary N) is 1. The number of thiophene rings is 1. The van der Waals surface area contributed by atoms with Crippen LogP contribution in [0.1, 0.15) is 23.6 Å². The average Bonchev–Trinajstić information content (AvgIpc) is 2.90. The van der Waals surface area contributed by atoms with Crippen molar-refractivity contribution in [1.82, 2.24) is 0 Å². The van der Waals surface area contributed by atoms with Gasteiger partial charge in [-0.25, -0.2) is 0 Å². The number of methoxy groups -OCH3 is 1. The van der Waals surface area contributed by atoms with Gasteiger partial charge in [0, 0.05) is 6.04 Å². The fourth-order valence-electron chi connectivity index (χ4n) is 1.77. The Morgan fingerprint density at radius 3 is 2.59 bits per heavy atom. The highest BCUT2D eigenvalue weighted by Gasteiger charge is 2.06. The Morgan fingerprint density at radius 1 is 1.24 bits per heavy atom. The lowest BCUT2D eigenvalue weighted by Gasteiger charge is -2.10. The van der Waals surface area contributed by atoms with E-state index in [1.807, 2.05) is 12.1 Å². The quantitative estimate of drug-likeness (QED) is 0.879. The van der Waals surface area contributed by atoms with Gasteiger partial charge in [-0.2, -0.15) is 11.3 Å². The summed E-state index contributed by atoms with van der Waals surface area (Å²) < 4.78 is 5.13. The first-order valence-corrected chi connectivity index (χ1v) is 6.64. The van der Waals surface area contributed by atoms with Gasteiger partial charge in [-0.05, 0) is 52.9 Å². The van der Waals surface area contributed by atoms with E-state index >= 15 is 0 Å². The van der Waals surface area contributed by atoms with Crippen LogP contribution in [0.25, 0.3) is 0 Å². The van der Waals surface area contributed by atoms with Crippen molar-refractivity contribution in [2.75, 3.05) is 7.11 Å². The third-order valence-electron chi connectivity index (χ3n) is 2.87. The highest BCUT2D eigenvalue weighted by molar-refractivity contribution is 7.07. The van der Waals surface area contributed by atoms with Crippen LogP contribution in [0.5, 0.6) is 5.75 Å². The van der Waals surface area contributed by atoms with E-state index in [0.717, 1.165) is 18.6 Å². The smallest absolute Gasteiger partial charge is 0.118 e. The molecule has 0 aliphatic heterocycles. The summed E-state index contributed by atoms with van der Waals surface area (Å²) in [6, 6.07) is 10.4. The van der Waals surface area contributed by atoms with Crippen LogP contribution in [-0.2, 0) is 6.42 Å². The van der Waals surface area contributed by atoms with Crippen molar-refractivity contribution in [3.8, 4) is 5.75 Å². The van der Waals surface area contributed by atoms with Crippen molar-refractivity contribution < 1.29 is 4.74 Å². The molecule has 2 aromatic rings. The van der Waals surface area contributed by atoms with Crippen LogP contribution in [0.3, 0.4) is 0 Å². The molecular weight excluding hydrogens is 230 g/mol. The van der Waals surface area contributed by atoms with Crippen LogP contribution in [0.4, 0.5) is 0 Å². The van der Waals surface area contributed by atoms with E-state index in [0.29, 0.717) is 0 Å². The summed E-state index contributed by atoms with van der Waals surface area (Å²) in [5.74, 6) is 0.899. The highest BCUT2D eigenvalue weighted by atomic mass is 32.1. The zero-order valence-electron chi connectivity index (χ0n) is 9.93. The molecule has 1 heterocycles. The summed E-state index contributed by atoms with van der Waals surface area (Å²) >= 11 is 1.70. The lowest BCUT2D eigenvalue weighted by atomic mass is 10.0. The van der Waals surface area contributed by atoms with E-state index in [-0.39, 0.29) is 6.04 Å². The fraction of sp³-hybridized carbons (Fsp3) is 0.286. The molecule has 1 aromatic carbocycles. The molecule has 0 radical (unpaired) electrons.